The minimum atomic E-state index is -3.15. The average molecular weight is 348 g/mol. The van der Waals surface area contributed by atoms with E-state index in [0.29, 0.717) is 16.9 Å². The fraction of sp³-hybridized carbons (Fsp3) is 0.278. The first-order valence-electron chi connectivity index (χ1n) is 7.49. The van der Waals surface area contributed by atoms with Crippen LogP contribution in [0.25, 0.3) is 0 Å². The van der Waals surface area contributed by atoms with E-state index < -0.39 is 21.9 Å². The van der Waals surface area contributed by atoms with Crippen LogP contribution in [-0.4, -0.2) is 33.4 Å². The van der Waals surface area contributed by atoms with Gasteiger partial charge in [0.05, 0.1) is 11.3 Å². The summed E-state index contributed by atoms with van der Waals surface area (Å²) < 4.78 is 33.6. The van der Waals surface area contributed by atoms with Gasteiger partial charge in [0.2, 0.25) is 0 Å². The summed E-state index contributed by atoms with van der Waals surface area (Å²) in [5.74, 6) is 0.0888. The second kappa shape index (κ2) is 7.97. The molecule has 0 aliphatic carbocycles. The molecule has 0 aliphatic rings. The Morgan fingerprint density at radius 3 is 2.46 bits per heavy atom. The van der Waals surface area contributed by atoms with Crippen LogP contribution in [-0.2, 0) is 20.3 Å². The molecule has 0 aromatic heterocycles. The van der Waals surface area contributed by atoms with E-state index >= 15 is 0 Å². The van der Waals surface area contributed by atoms with Gasteiger partial charge in [-0.1, -0.05) is 30.3 Å². The predicted octanol–water partition coefficient (Wildman–Crippen LogP) is 2.86. The lowest BCUT2D eigenvalue weighted by Gasteiger charge is -2.14. The van der Waals surface area contributed by atoms with Crippen molar-refractivity contribution in [2.75, 3.05) is 12.9 Å². The van der Waals surface area contributed by atoms with Gasteiger partial charge < -0.3 is 9.47 Å². The smallest absolute Gasteiger partial charge is 0.338 e. The van der Waals surface area contributed by atoms with Crippen LogP contribution in [0.3, 0.4) is 0 Å². The van der Waals surface area contributed by atoms with E-state index in [1.807, 2.05) is 30.3 Å². The number of hydrogen-bond acceptors (Lipinski definition) is 5. The Morgan fingerprint density at radius 1 is 1.08 bits per heavy atom. The van der Waals surface area contributed by atoms with E-state index in [-0.39, 0.29) is 12.4 Å². The summed E-state index contributed by atoms with van der Waals surface area (Å²) in [5, 5.41) is 0. The van der Waals surface area contributed by atoms with Crippen molar-refractivity contribution in [1.82, 2.24) is 0 Å². The molecule has 0 spiro atoms. The largest absolute Gasteiger partial charge is 0.490 e. The highest BCUT2D eigenvalue weighted by Gasteiger charge is 2.14. The van der Waals surface area contributed by atoms with Crippen molar-refractivity contribution >= 4 is 15.8 Å². The van der Waals surface area contributed by atoms with E-state index in [4.69, 9.17) is 9.47 Å². The Balaban J connectivity index is 1.93. The van der Waals surface area contributed by atoms with Crippen LogP contribution < -0.4 is 4.74 Å². The molecule has 2 rings (SSSR count). The summed E-state index contributed by atoms with van der Waals surface area (Å²) in [7, 11) is -3.15. The monoisotopic (exact) mass is 348 g/mol. The Morgan fingerprint density at radius 2 is 1.79 bits per heavy atom. The van der Waals surface area contributed by atoms with Crippen molar-refractivity contribution in [3.05, 3.63) is 65.7 Å². The van der Waals surface area contributed by atoms with Crippen LogP contribution in [0.5, 0.6) is 5.75 Å². The maximum absolute atomic E-state index is 12.2. The fourth-order valence-electron chi connectivity index (χ4n) is 2.11. The molecule has 2 aromatic rings. The van der Waals surface area contributed by atoms with Gasteiger partial charge in [-0.3, -0.25) is 0 Å². The molecule has 128 valence electrons. The first-order valence-corrected chi connectivity index (χ1v) is 9.55. The number of carbonyl (C=O) groups excluding carboxylic acids is 1. The molecule has 0 aliphatic heterocycles. The second-order valence-corrected chi connectivity index (χ2v) is 7.75. The molecular weight excluding hydrogens is 328 g/mol. The number of benzene rings is 2. The number of esters is 1. The maximum Gasteiger partial charge on any atom is 0.338 e. The van der Waals surface area contributed by atoms with Crippen molar-refractivity contribution in [1.29, 1.82) is 0 Å². The zero-order valence-corrected chi connectivity index (χ0v) is 14.5. The van der Waals surface area contributed by atoms with E-state index in [1.165, 1.54) is 6.07 Å². The Kier molecular flexibility index (Phi) is 5.98. The number of ether oxygens (including phenoxy) is 2. The van der Waals surface area contributed by atoms with Gasteiger partial charge >= 0.3 is 5.97 Å². The summed E-state index contributed by atoms with van der Waals surface area (Å²) in [6, 6.07) is 15.7. The molecule has 6 heteroatoms. The summed E-state index contributed by atoms with van der Waals surface area (Å²) in [6.45, 7) is 1.97. The molecule has 0 unspecified atom stereocenters. The van der Waals surface area contributed by atoms with Crippen molar-refractivity contribution in [3.8, 4) is 5.75 Å². The fourth-order valence-corrected chi connectivity index (χ4v) is 2.89. The van der Waals surface area contributed by atoms with Crippen LogP contribution in [0.2, 0.25) is 0 Å². The van der Waals surface area contributed by atoms with E-state index in [0.717, 1.165) is 6.26 Å². The quantitative estimate of drug-likeness (QED) is 0.720. The number of sulfone groups is 1. The molecule has 1 atom stereocenters. The first-order chi connectivity index (χ1) is 11.3. The summed E-state index contributed by atoms with van der Waals surface area (Å²) in [5.41, 5.74) is 0.878. The van der Waals surface area contributed by atoms with Crippen molar-refractivity contribution in [2.24, 2.45) is 0 Å². The number of para-hydroxylation sites is 1. The molecule has 0 radical (unpaired) electrons. The van der Waals surface area contributed by atoms with Crippen LogP contribution in [0.15, 0.2) is 54.6 Å². The third-order valence-corrected chi connectivity index (χ3v) is 3.99. The highest BCUT2D eigenvalue weighted by atomic mass is 32.2. The molecule has 24 heavy (non-hydrogen) atoms. The predicted molar refractivity (Wildman–Crippen MR) is 91.8 cm³/mol. The molecule has 5 nitrogen and oxygen atoms in total. The minimum Gasteiger partial charge on any atom is -0.490 e. The third-order valence-electron chi connectivity index (χ3n) is 3.13. The maximum atomic E-state index is 12.2. The molecule has 0 heterocycles. The zero-order chi connectivity index (χ0) is 17.6. The van der Waals surface area contributed by atoms with Gasteiger partial charge in [0.1, 0.15) is 18.5 Å². The first kappa shape index (κ1) is 18.0. The number of hydrogen-bond donors (Lipinski definition) is 0. The number of carbonyl (C=O) groups is 1. The molecule has 0 N–H and O–H groups in total. The molecule has 0 amide bonds. The van der Waals surface area contributed by atoms with Crippen molar-refractivity contribution in [2.45, 2.75) is 18.8 Å². The van der Waals surface area contributed by atoms with Gasteiger partial charge in [0.25, 0.3) is 0 Å². The van der Waals surface area contributed by atoms with E-state index in [9.17, 15) is 13.2 Å². The number of rotatable bonds is 7. The lowest BCUT2D eigenvalue weighted by atomic mass is 10.1. The summed E-state index contributed by atoms with van der Waals surface area (Å²) in [6.07, 6.45) is 0.720. The van der Waals surface area contributed by atoms with Crippen LogP contribution in [0.1, 0.15) is 22.8 Å². The van der Waals surface area contributed by atoms with Gasteiger partial charge in [0.15, 0.2) is 9.84 Å². The molecular formula is C18H20O5S. The van der Waals surface area contributed by atoms with Crippen molar-refractivity contribution < 1.29 is 22.7 Å². The van der Waals surface area contributed by atoms with Gasteiger partial charge in [-0.05, 0) is 36.8 Å². The second-order valence-electron chi connectivity index (χ2n) is 5.61. The highest BCUT2D eigenvalue weighted by Crippen LogP contribution is 2.12. The molecule has 0 fully saturated rings. The highest BCUT2D eigenvalue weighted by molar-refractivity contribution is 7.89. The Labute approximate surface area is 142 Å². The summed E-state index contributed by atoms with van der Waals surface area (Å²) >= 11 is 0. The summed E-state index contributed by atoms with van der Waals surface area (Å²) in [4.78, 5) is 12.2. The average Bonchev–Trinajstić information content (AvgIpc) is 2.52. The van der Waals surface area contributed by atoms with E-state index in [2.05, 4.69) is 0 Å². The van der Waals surface area contributed by atoms with Gasteiger partial charge in [-0.25, -0.2) is 13.2 Å². The third kappa shape index (κ3) is 6.04. The molecule has 0 bridgehead atoms. The molecule has 2 aromatic carbocycles. The Bertz CT molecular complexity index is 784. The van der Waals surface area contributed by atoms with Crippen molar-refractivity contribution in [3.63, 3.8) is 0 Å². The van der Waals surface area contributed by atoms with E-state index in [1.54, 1.807) is 25.1 Å². The molecule has 0 saturated heterocycles. The van der Waals surface area contributed by atoms with Gasteiger partial charge in [-0.15, -0.1) is 0 Å². The minimum absolute atomic E-state index is 0.110. The lowest BCUT2D eigenvalue weighted by molar-refractivity contribution is 0.0228. The van der Waals surface area contributed by atoms with Crippen LogP contribution in [0, 0.1) is 0 Å². The van der Waals surface area contributed by atoms with Gasteiger partial charge in [0, 0.05) is 6.26 Å². The van der Waals surface area contributed by atoms with Gasteiger partial charge in [-0.2, -0.15) is 0 Å². The van der Waals surface area contributed by atoms with Crippen LogP contribution in [0.4, 0.5) is 0 Å². The molecule has 0 saturated carbocycles. The topological polar surface area (TPSA) is 69.7 Å². The zero-order valence-electron chi connectivity index (χ0n) is 13.6. The normalized spacial score (nSPS) is 12.4. The lowest BCUT2D eigenvalue weighted by Crippen LogP contribution is -2.22. The van der Waals surface area contributed by atoms with Crippen LogP contribution >= 0.6 is 0 Å². The standard InChI is InChI=1S/C18H20O5S/c1-14(12-22-17-9-4-3-5-10-17)23-18(19)16-8-6-7-15(11-16)13-24(2,20)21/h3-11,14H,12-13H2,1-2H3/t14-/m1/s1. The SMILES string of the molecule is C[C@H](COc1ccccc1)OC(=O)c1cccc(CS(C)(=O)=O)c1. The Hall–Kier alpha value is -2.34.